The molecule has 1 heterocycles. The van der Waals surface area contributed by atoms with Crippen molar-refractivity contribution in [2.24, 2.45) is 0 Å². The third kappa shape index (κ3) is 2.93. The largest absolute Gasteiger partial charge is 0.507 e. The first-order valence-corrected chi connectivity index (χ1v) is 6.89. The first kappa shape index (κ1) is 14.4. The number of hydrogen-bond acceptors (Lipinski definition) is 3. The summed E-state index contributed by atoms with van der Waals surface area (Å²) in [5.74, 6) is 0.383. The maximum Gasteiger partial charge on any atom is 0.121 e. The molecule has 3 heteroatoms. The van der Waals surface area contributed by atoms with E-state index in [2.05, 4.69) is 23.3 Å². The van der Waals surface area contributed by atoms with Crippen LogP contribution in [0.2, 0.25) is 0 Å². The molecule has 2 N–H and O–H groups in total. The van der Waals surface area contributed by atoms with Crippen molar-refractivity contribution >= 4 is 5.69 Å². The van der Waals surface area contributed by atoms with Crippen LogP contribution in [0, 0.1) is 27.7 Å². The zero-order valence-electron chi connectivity index (χ0n) is 12.8. The average molecular weight is 270 g/mol. The van der Waals surface area contributed by atoms with E-state index in [1.54, 1.807) is 0 Å². The highest BCUT2D eigenvalue weighted by Crippen LogP contribution is 2.28. The third-order valence-corrected chi connectivity index (χ3v) is 3.61. The number of aryl methyl sites for hydroxylation is 4. The minimum Gasteiger partial charge on any atom is -0.507 e. The Hall–Kier alpha value is -2.03. The van der Waals surface area contributed by atoms with Gasteiger partial charge < -0.3 is 10.4 Å². The Bertz CT molecular complexity index is 612. The van der Waals surface area contributed by atoms with Gasteiger partial charge in [0.2, 0.25) is 0 Å². The summed E-state index contributed by atoms with van der Waals surface area (Å²) in [6, 6.07) is 8.29. The fourth-order valence-corrected chi connectivity index (χ4v) is 2.40. The average Bonchev–Trinajstić information content (AvgIpc) is 2.38. The van der Waals surface area contributed by atoms with E-state index in [4.69, 9.17) is 0 Å². The van der Waals surface area contributed by atoms with E-state index in [1.807, 2.05) is 45.9 Å². The highest BCUT2D eigenvalue weighted by atomic mass is 16.3. The van der Waals surface area contributed by atoms with Crippen molar-refractivity contribution in [3.63, 3.8) is 0 Å². The van der Waals surface area contributed by atoms with Gasteiger partial charge in [-0.05, 0) is 63.4 Å². The monoisotopic (exact) mass is 270 g/mol. The lowest BCUT2D eigenvalue weighted by Crippen LogP contribution is -2.09. The molecule has 0 fully saturated rings. The van der Waals surface area contributed by atoms with Crippen molar-refractivity contribution in [3.8, 4) is 5.75 Å². The molecule has 1 atom stereocenters. The number of phenolic OH excluding ortho intramolecular Hbond substituents is 1. The summed E-state index contributed by atoms with van der Waals surface area (Å²) in [5, 5.41) is 13.3. The molecular formula is C17H22N2O. The molecule has 0 spiro atoms. The Morgan fingerprint density at radius 3 is 2.20 bits per heavy atom. The first-order valence-electron chi connectivity index (χ1n) is 6.89. The molecule has 0 bridgehead atoms. The second-order valence-corrected chi connectivity index (χ2v) is 5.45. The van der Waals surface area contributed by atoms with Crippen LogP contribution in [0.4, 0.5) is 5.69 Å². The summed E-state index contributed by atoms with van der Waals surface area (Å²) >= 11 is 0. The van der Waals surface area contributed by atoms with Gasteiger partial charge in [-0.1, -0.05) is 12.1 Å². The molecule has 20 heavy (non-hydrogen) atoms. The molecule has 0 saturated heterocycles. The molecule has 0 amide bonds. The summed E-state index contributed by atoms with van der Waals surface area (Å²) < 4.78 is 0. The summed E-state index contributed by atoms with van der Waals surface area (Å²) in [7, 11) is 0. The van der Waals surface area contributed by atoms with Crippen LogP contribution in [0.3, 0.4) is 0 Å². The van der Waals surface area contributed by atoms with Crippen LogP contribution >= 0.6 is 0 Å². The maximum atomic E-state index is 9.85. The molecule has 1 aromatic carbocycles. The van der Waals surface area contributed by atoms with Crippen molar-refractivity contribution in [1.82, 2.24) is 4.98 Å². The Kier molecular flexibility index (Phi) is 3.98. The maximum absolute atomic E-state index is 9.85. The molecule has 0 aliphatic carbocycles. The quantitative estimate of drug-likeness (QED) is 0.878. The van der Waals surface area contributed by atoms with Crippen LogP contribution < -0.4 is 5.32 Å². The molecule has 106 valence electrons. The van der Waals surface area contributed by atoms with Crippen LogP contribution in [-0.2, 0) is 0 Å². The third-order valence-electron chi connectivity index (χ3n) is 3.61. The second-order valence-electron chi connectivity index (χ2n) is 5.45. The van der Waals surface area contributed by atoms with Gasteiger partial charge in [-0.15, -0.1) is 0 Å². The fourth-order valence-electron chi connectivity index (χ4n) is 2.40. The molecule has 2 aromatic rings. The predicted octanol–water partition coefficient (Wildman–Crippen LogP) is 4.19. The van der Waals surface area contributed by atoms with Crippen LogP contribution in [0.5, 0.6) is 5.75 Å². The van der Waals surface area contributed by atoms with Crippen molar-refractivity contribution in [1.29, 1.82) is 0 Å². The highest BCUT2D eigenvalue weighted by molar-refractivity contribution is 5.51. The summed E-state index contributed by atoms with van der Waals surface area (Å²) in [5.41, 5.74) is 6.06. The van der Waals surface area contributed by atoms with Gasteiger partial charge in [-0.3, -0.25) is 4.98 Å². The van der Waals surface area contributed by atoms with E-state index in [0.29, 0.717) is 5.75 Å². The van der Waals surface area contributed by atoms with Gasteiger partial charge in [0.05, 0.1) is 11.4 Å². The van der Waals surface area contributed by atoms with Gasteiger partial charge in [-0.25, -0.2) is 0 Å². The van der Waals surface area contributed by atoms with Crippen molar-refractivity contribution in [2.45, 2.75) is 40.7 Å². The van der Waals surface area contributed by atoms with Crippen LogP contribution in [0.15, 0.2) is 24.3 Å². The molecule has 1 unspecified atom stereocenters. The summed E-state index contributed by atoms with van der Waals surface area (Å²) in [6.07, 6.45) is 0. The van der Waals surface area contributed by atoms with Gasteiger partial charge in [0, 0.05) is 11.7 Å². The summed E-state index contributed by atoms with van der Waals surface area (Å²) in [6.45, 7) is 9.97. The number of aromatic nitrogens is 1. The Balaban J connectivity index is 2.26. The standard InChI is InChI=1S/C17H22N2O/c1-10-8-15(9-11(2)17(10)20)13(4)19-16-7-6-12(3)18-14(16)5/h6-9,13,19-20H,1-5H3. The predicted molar refractivity (Wildman–Crippen MR) is 83.3 cm³/mol. The lowest BCUT2D eigenvalue weighted by molar-refractivity contribution is 0.466. The Labute approximate surface area is 120 Å². The second kappa shape index (κ2) is 5.53. The molecule has 0 radical (unpaired) electrons. The van der Waals surface area contributed by atoms with E-state index in [1.165, 1.54) is 0 Å². The number of aromatic hydroxyl groups is 1. The summed E-state index contributed by atoms with van der Waals surface area (Å²) in [4.78, 5) is 4.47. The molecule has 3 nitrogen and oxygen atoms in total. The van der Waals surface area contributed by atoms with E-state index in [9.17, 15) is 5.11 Å². The number of nitrogens with zero attached hydrogens (tertiary/aromatic N) is 1. The van der Waals surface area contributed by atoms with Crippen molar-refractivity contribution in [2.75, 3.05) is 5.32 Å². The minimum absolute atomic E-state index is 0.163. The lowest BCUT2D eigenvalue weighted by Gasteiger charge is -2.19. The van der Waals surface area contributed by atoms with E-state index in [-0.39, 0.29) is 6.04 Å². The smallest absolute Gasteiger partial charge is 0.121 e. The first-order chi connectivity index (χ1) is 9.38. The molecule has 0 aliphatic heterocycles. The van der Waals surface area contributed by atoms with Gasteiger partial charge in [0.1, 0.15) is 5.75 Å². The number of hydrogen-bond donors (Lipinski definition) is 2. The SMILES string of the molecule is Cc1ccc(NC(C)c2cc(C)c(O)c(C)c2)c(C)n1. The zero-order chi connectivity index (χ0) is 14.9. The molecule has 0 saturated carbocycles. The topological polar surface area (TPSA) is 45.1 Å². The lowest BCUT2D eigenvalue weighted by atomic mass is 10.0. The zero-order valence-corrected chi connectivity index (χ0v) is 12.8. The Morgan fingerprint density at radius 1 is 1.05 bits per heavy atom. The number of phenols is 1. The van der Waals surface area contributed by atoms with Crippen LogP contribution in [0.25, 0.3) is 0 Å². The fraction of sp³-hybridized carbons (Fsp3) is 0.353. The van der Waals surface area contributed by atoms with Gasteiger partial charge in [0.15, 0.2) is 0 Å². The van der Waals surface area contributed by atoms with E-state index in [0.717, 1.165) is 33.8 Å². The van der Waals surface area contributed by atoms with Gasteiger partial charge in [0.25, 0.3) is 0 Å². The molecular weight excluding hydrogens is 248 g/mol. The normalized spacial score (nSPS) is 12.2. The number of anilines is 1. The number of nitrogens with one attached hydrogen (secondary N) is 1. The molecule has 0 aliphatic rings. The van der Waals surface area contributed by atoms with Gasteiger partial charge >= 0.3 is 0 Å². The molecule has 1 aromatic heterocycles. The highest BCUT2D eigenvalue weighted by Gasteiger charge is 2.11. The number of benzene rings is 1. The van der Waals surface area contributed by atoms with Crippen LogP contribution in [0.1, 0.15) is 41.0 Å². The van der Waals surface area contributed by atoms with Crippen molar-refractivity contribution in [3.05, 3.63) is 52.3 Å². The van der Waals surface area contributed by atoms with E-state index >= 15 is 0 Å². The minimum atomic E-state index is 0.163. The number of rotatable bonds is 3. The van der Waals surface area contributed by atoms with E-state index < -0.39 is 0 Å². The Morgan fingerprint density at radius 2 is 1.65 bits per heavy atom. The molecule has 2 rings (SSSR count). The van der Waals surface area contributed by atoms with Crippen LogP contribution in [-0.4, -0.2) is 10.1 Å². The number of pyridine rings is 1. The van der Waals surface area contributed by atoms with Crippen molar-refractivity contribution < 1.29 is 5.11 Å². The van der Waals surface area contributed by atoms with Gasteiger partial charge in [-0.2, -0.15) is 0 Å².